The average Bonchev–Trinajstić information content (AvgIpc) is 3.85. The Hall–Kier alpha value is -7.50. The van der Waals surface area contributed by atoms with Crippen molar-refractivity contribution in [3.63, 3.8) is 0 Å². The fourth-order valence-electron chi connectivity index (χ4n) is 5.72. The Labute approximate surface area is 331 Å². The highest BCUT2D eigenvalue weighted by Gasteiger charge is 2.18. The third kappa shape index (κ3) is 8.49. The summed E-state index contributed by atoms with van der Waals surface area (Å²) in [6, 6.07) is 43.5. The van der Waals surface area contributed by atoms with E-state index in [1.54, 1.807) is 70.3 Å². The molecule has 0 unspecified atom stereocenters. The summed E-state index contributed by atoms with van der Waals surface area (Å²) >= 11 is 12.2. The van der Waals surface area contributed by atoms with Crippen LogP contribution in [-0.4, -0.2) is 31.4 Å². The Balaban J connectivity index is 1.09. The Morgan fingerprint density at radius 3 is 1.23 bits per heavy atom. The van der Waals surface area contributed by atoms with Crippen LogP contribution in [0.25, 0.3) is 46.0 Å². The number of hydrogen-bond acceptors (Lipinski definition) is 6. The molecule has 0 aliphatic heterocycles. The number of aromatic nitrogens is 4. The van der Waals surface area contributed by atoms with Crippen molar-refractivity contribution in [3.8, 4) is 46.0 Å². The van der Waals surface area contributed by atoms with Crippen LogP contribution < -0.4 is 10.6 Å². The number of carbonyl (C=O) groups excluding carboxylic acids is 2. The van der Waals surface area contributed by atoms with Gasteiger partial charge in [-0.1, -0.05) is 83.9 Å². The first-order chi connectivity index (χ1) is 27.3. The molecule has 2 aromatic heterocycles. The molecule has 2 amide bonds. The number of rotatable bonds is 10. The molecule has 2 N–H and O–H groups in total. The fraction of sp³-hybridized carbons (Fsp3) is 0. The zero-order valence-electron chi connectivity index (χ0n) is 29.3. The molecule has 0 radical (unpaired) electrons. The molecule has 270 valence electrons. The molecule has 12 heteroatoms. The van der Waals surface area contributed by atoms with Gasteiger partial charge in [-0.3, -0.25) is 9.59 Å². The molecule has 0 aliphatic carbocycles. The van der Waals surface area contributed by atoms with Gasteiger partial charge in [0.25, 0.3) is 11.8 Å². The molecule has 0 fully saturated rings. The minimum Gasteiger partial charge on any atom is -0.321 e. The van der Waals surface area contributed by atoms with E-state index in [0.717, 1.165) is 22.5 Å². The van der Waals surface area contributed by atoms with E-state index in [0.29, 0.717) is 43.9 Å². The number of para-hydroxylation sites is 2. The van der Waals surface area contributed by atoms with Crippen molar-refractivity contribution in [2.75, 3.05) is 10.6 Å². The quantitative estimate of drug-likeness (QED) is 0.105. The lowest BCUT2D eigenvalue weighted by atomic mass is 10.1. The van der Waals surface area contributed by atoms with E-state index in [9.17, 15) is 20.1 Å². The topological polar surface area (TPSA) is 141 Å². The first-order valence-corrected chi connectivity index (χ1v) is 17.8. The normalized spacial score (nSPS) is 11.4. The summed E-state index contributed by atoms with van der Waals surface area (Å²) < 4.78 is 3.36. The van der Waals surface area contributed by atoms with E-state index >= 15 is 0 Å². The van der Waals surface area contributed by atoms with Crippen molar-refractivity contribution in [1.29, 1.82) is 10.5 Å². The highest BCUT2D eigenvalue weighted by Crippen LogP contribution is 2.29. The molecule has 0 spiro atoms. The minimum atomic E-state index is -0.638. The third-order valence-electron chi connectivity index (χ3n) is 8.49. The average molecular weight is 772 g/mol. The predicted octanol–water partition coefficient (Wildman–Crippen LogP) is 9.79. The summed E-state index contributed by atoms with van der Waals surface area (Å²) in [5.74, 6) is -1.28. The van der Waals surface area contributed by atoms with Gasteiger partial charge in [-0.2, -0.15) is 20.7 Å². The number of anilines is 2. The van der Waals surface area contributed by atoms with Crippen LogP contribution in [0.15, 0.2) is 157 Å². The van der Waals surface area contributed by atoms with E-state index in [4.69, 9.17) is 33.4 Å². The van der Waals surface area contributed by atoms with Gasteiger partial charge in [0.2, 0.25) is 0 Å². The Kier molecular flexibility index (Phi) is 11.0. The van der Waals surface area contributed by atoms with Gasteiger partial charge in [-0.05, 0) is 84.9 Å². The molecular formula is C44H28Cl2N8O2. The van der Waals surface area contributed by atoms with Crippen LogP contribution in [-0.2, 0) is 9.59 Å². The zero-order valence-corrected chi connectivity index (χ0v) is 30.8. The number of nitriles is 2. The first kappa shape index (κ1) is 36.8. The molecule has 5 aromatic carbocycles. The number of amides is 2. The standard InChI is InChI=1S/C44H28Cl2N8O2/c45-35-15-11-29(12-16-35)41-33(27-53(51-41)39-7-3-1-4-8-39)23-31(25-47)43(55)49-37-19-21-38(22-20-37)50-44(56)32(26-48)24-34-28-54(40-9-5-2-6-10-40)52-42(34)30-13-17-36(46)18-14-30/h1-24,27-28H,(H,49,55)(H,50,56)/b31-23+,32-24+. The summed E-state index contributed by atoms with van der Waals surface area (Å²) in [5.41, 5.74) is 5.79. The van der Waals surface area contributed by atoms with E-state index < -0.39 is 11.8 Å². The zero-order chi connectivity index (χ0) is 39.0. The molecule has 0 saturated carbocycles. The third-order valence-corrected chi connectivity index (χ3v) is 9.00. The molecule has 2 heterocycles. The summed E-state index contributed by atoms with van der Waals surface area (Å²) in [6.45, 7) is 0. The highest BCUT2D eigenvalue weighted by atomic mass is 35.5. The van der Waals surface area contributed by atoms with Crippen LogP contribution in [0.1, 0.15) is 11.1 Å². The van der Waals surface area contributed by atoms with Crippen molar-refractivity contribution >= 4 is 58.5 Å². The van der Waals surface area contributed by atoms with Crippen LogP contribution in [0.2, 0.25) is 10.0 Å². The monoisotopic (exact) mass is 770 g/mol. The Morgan fingerprint density at radius 2 is 0.893 bits per heavy atom. The number of nitrogens with one attached hydrogen (secondary N) is 2. The second kappa shape index (κ2) is 16.7. The van der Waals surface area contributed by atoms with Crippen molar-refractivity contribution in [1.82, 2.24) is 19.6 Å². The van der Waals surface area contributed by atoms with Gasteiger partial charge in [0.15, 0.2) is 0 Å². The molecular weight excluding hydrogens is 743 g/mol. The molecule has 7 aromatic rings. The van der Waals surface area contributed by atoms with Gasteiger partial charge in [0.1, 0.15) is 23.3 Å². The number of halogens is 2. The highest BCUT2D eigenvalue weighted by molar-refractivity contribution is 6.31. The lowest BCUT2D eigenvalue weighted by Gasteiger charge is -2.08. The molecule has 10 nitrogen and oxygen atoms in total. The van der Waals surface area contributed by atoms with Crippen molar-refractivity contribution in [3.05, 3.63) is 178 Å². The maximum absolute atomic E-state index is 13.3. The van der Waals surface area contributed by atoms with E-state index in [-0.39, 0.29) is 11.1 Å². The lowest BCUT2D eigenvalue weighted by Crippen LogP contribution is -2.15. The van der Waals surface area contributed by atoms with Gasteiger partial charge >= 0.3 is 0 Å². The van der Waals surface area contributed by atoms with Gasteiger partial charge in [-0.25, -0.2) is 9.36 Å². The van der Waals surface area contributed by atoms with Crippen LogP contribution in [0.5, 0.6) is 0 Å². The van der Waals surface area contributed by atoms with Gasteiger partial charge in [-0.15, -0.1) is 0 Å². The smallest absolute Gasteiger partial charge is 0.266 e. The molecule has 0 saturated heterocycles. The molecule has 0 atom stereocenters. The maximum atomic E-state index is 13.3. The van der Waals surface area contributed by atoms with E-state index in [1.807, 2.05) is 97.1 Å². The SMILES string of the molecule is N#C/C(=C\c1cn(-c2ccccc2)nc1-c1ccc(Cl)cc1)C(=O)Nc1ccc(NC(=O)/C(C#N)=C/c2cn(-c3ccccc3)nc2-c2ccc(Cl)cc2)cc1. The second-order valence-electron chi connectivity index (χ2n) is 12.3. The van der Waals surface area contributed by atoms with Crippen LogP contribution in [0.3, 0.4) is 0 Å². The largest absolute Gasteiger partial charge is 0.321 e. The van der Waals surface area contributed by atoms with Crippen LogP contribution in [0, 0.1) is 22.7 Å². The summed E-state index contributed by atoms with van der Waals surface area (Å²) in [5, 5.41) is 36.1. The molecule has 7 rings (SSSR count). The van der Waals surface area contributed by atoms with Crippen molar-refractivity contribution < 1.29 is 9.59 Å². The maximum Gasteiger partial charge on any atom is 0.266 e. The Morgan fingerprint density at radius 1 is 0.536 bits per heavy atom. The van der Waals surface area contributed by atoms with Crippen molar-refractivity contribution in [2.24, 2.45) is 0 Å². The number of hydrogen-bond donors (Lipinski definition) is 2. The van der Waals surface area contributed by atoms with Gasteiger partial charge in [0, 0.05) is 56.1 Å². The predicted molar refractivity (Wildman–Crippen MR) is 219 cm³/mol. The summed E-state index contributed by atoms with van der Waals surface area (Å²) in [6.07, 6.45) is 6.47. The first-order valence-electron chi connectivity index (χ1n) is 17.1. The number of nitrogens with zero attached hydrogens (tertiary/aromatic N) is 6. The van der Waals surface area contributed by atoms with Crippen LogP contribution >= 0.6 is 23.2 Å². The molecule has 0 bridgehead atoms. The number of carbonyl (C=O) groups is 2. The van der Waals surface area contributed by atoms with E-state index in [2.05, 4.69) is 10.6 Å². The molecule has 56 heavy (non-hydrogen) atoms. The van der Waals surface area contributed by atoms with Gasteiger partial charge < -0.3 is 10.6 Å². The summed E-state index contributed by atoms with van der Waals surface area (Å²) in [4.78, 5) is 26.7. The minimum absolute atomic E-state index is 0.150. The number of benzene rings is 5. The van der Waals surface area contributed by atoms with Crippen LogP contribution in [0.4, 0.5) is 11.4 Å². The second-order valence-corrected chi connectivity index (χ2v) is 13.1. The summed E-state index contributed by atoms with van der Waals surface area (Å²) in [7, 11) is 0. The lowest BCUT2D eigenvalue weighted by molar-refractivity contribution is -0.113. The van der Waals surface area contributed by atoms with E-state index in [1.165, 1.54) is 12.2 Å². The fourth-order valence-corrected chi connectivity index (χ4v) is 5.97. The van der Waals surface area contributed by atoms with Crippen molar-refractivity contribution in [2.45, 2.75) is 0 Å². The van der Waals surface area contributed by atoms with Gasteiger partial charge in [0.05, 0.1) is 22.8 Å². The molecule has 0 aliphatic rings. The Bertz CT molecular complexity index is 2500.